The predicted molar refractivity (Wildman–Crippen MR) is 114 cm³/mol. The normalized spacial score (nSPS) is 12.3. The third kappa shape index (κ3) is 5.50. The van der Waals surface area contributed by atoms with Crippen molar-refractivity contribution in [3.63, 3.8) is 0 Å². The minimum Gasteiger partial charge on any atom is -0.469 e. The molecule has 0 saturated carbocycles. The Labute approximate surface area is 183 Å². The van der Waals surface area contributed by atoms with Crippen LogP contribution in [0.1, 0.15) is 15.9 Å². The van der Waals surface area contributed by atoms with Crippen molar-refractivity contribution in [3.05, 3.63) is 75.8 Å². The molecular weight excluding hydrogens is 448 g/mol. The number of hydrogen-bond donors (Lipinski definition) is 2. The van der Waals surface area contributed by atoms with E-state index in [0.717, 1.165) is 0 Å². The van der Waals surface area contributed by atoms with Crippen LogP contribution in [0.15, 0.2) is 69.5 Å². The molecule has 2 N–H and O–H groups in total. The van der Waals surface area contributed by atoms with Crippen molar-refractivity contribution in [2.75, 3.05) is 13.1 Å². The molecule has 0 spiro atoms. The first-order valence-corrected chi connectivity index (χ1v) is 11.8. The van der Waals surface area contributed by atoms with E-state index >= 15 is 0 Å². The number of amides is 2. The van der Waals surface area contributed by atoms with E-state index in [1.807, 2.05) is 0 Å². The SMILES string of the molecule is O=C(NCCc1ccco1)C(=O)NC[C@H](c1cccs1)S(=O)(=O)c1ccc(Cl)cc1. The number of carbonyl (C=O) groups excluding carboxylic acids is 2. The van der Waals surface area contributed by atoms with Gasteiger partial charge in [-0.25, -0.2) is 8.42 Å². The molecule has 1 atom stereocenters. The molecular formula is C20H19ClN2O5S2. The Balaban J connectivity index is 1.65. The number of rotatable bonds is 8. The van der Waals surface area contributed by atoms with Gasteiger partial charge in [0.05, 0.1) is 11.2 Å². The number of thiophene rings is 1. The van der Waals surface area contributed by atoms with E-state index in [1.54, 1.807) is 29.6 Å². The van der Waals surface area contributed by atoms with E-state index in [9.17, 15) is 18.0 Å². The first-order chi connectivity index (χ1) is 14.4. The Morgan fingerprint density at radius 3 is 2.40 bits per heavy atom. The van der Waals surface area contributed by atoms with Gasteiger partial charge in [-0.2, -0.15) is 0 Å². The largest absolute Gasteiger partial charge is 0.469 e. The first-order valence-electron chi connectivity index (χ1n) is 8.99. The number of benzene rings is 1. The minimum absolute atomic E-state index is 0.0856. The first kappa shape index (κ1) is 22.1. The van der Waals surface area contributed by atoms with Crippen LogP contribution >= 0.6 is 22.9 Å². The van der Waals surface area contributed by atoms with Crippen LogP contribution in [0.4, 0.5) is 0 Å². The molecule has 3 aromatic rings. The molecule has 0 fully saturated rings. The molecule has 7 nitrogen and oxygen atoms in total. The highest BCUT2D eigenvalue weighted by atomic mass is 35.5. The number of carbonyl (C=O) groups is 2. The quantitative estimate of drug-likeness (QED) is 0.496. The molecule has 0 bridgehead atoms. The number of halogens is 1. The zero-order valence-electron chi connectivity index (χ0n) is 15.7. The smallest absolute Gasteiger partial charge is 0.309 e. The van der Waals surface area contributed by atoms with E-state index < -0.39 is 26.9 Å². The van der Waals surface area contributed by atoms with Crippen LogP contribution < -0.4 is 10.6 Å². The summed E-state index contributed by atoms with van der Waals surface area (Å²) >= 11 is 7.11. The van der Waals surface area contributed by atoms with E-state index in [0.29, 0.717) is 22.1 Å². The van der Waals surface area contributed by atoms with Crippen LogP contribution in [-0.2, 0) is 25.8 Å². The van der Waals surface area contributed by atoms with Crippen molar-refractivity contribution in [1.82, 2.24) is 10.6 Å². The molecule has 3 rings (SSSR count). The summed E-state index contributed by atoms with van der Waals surface area (Å²) in [6.45, 7) is -0.0207. The fourth-order valence-electron chi connectivity index (χ4n) is 2.73. The standard InChI is InChI=1S/C20H19ClN2O5S2/c21-14-5-7-16(8-6-14)30(26,27)18(17-4-2-12-29-17)13-23-20(25)19(24)22-10-9-15-3-1-11-28-15/h1-8,11-12,18H,9-10,13H2,(H,22,24)(H,23,25)/t18-/m1/s1. The fraction of sp³-hybridized carbons (Fsp3) is 0.200. The molecule has 2 heterocycles. The summed E-state index contributed by atoms with van der Waals surface area (Å²) in [5, 5.41) is 6.05. The molecule has 1 aromatic carbocycles. The lowest BCUT2D eigenvalue weighted by Gasteiger charge is -2.17. The molecule has 10 heteroatoms. The van der Waals surface area contributed by atoms with Gasteiger partial charge in [-0.15, -0.1) is 11.3 Å². The highest BCUT2D eigenvalue weighted by Crippen LogP contribution is 2.31. The zero-order chi connectivity index (χ0) is 21.6. The maximum absolute atomic E-state index is 13.1. The fourth-order valence-corrected chi connectivity index (χ4v) is 5.64. The summed E-state index contributed by atoms with van der Waals surface area (Å²) in [7, 11) is -3.82. The van der Waals surface area contributed by atoms with Crippen molar-refractivity contribution in [2.24, 2.45) is 0 Å². The molecule has 0 aliphatic heterocycles. The third-order valence-corrected chi connectivity index (χ3v) is 7.75. The van der Waals surface area contributed by atoms with Crippen molar-refractivity contribution in [3.8, 4) is 0 Å². The average Bonchev–Trinajstić information content (AvgIpc) is 3.42. The maximum atomic E-state index is 13.1. The van der Waals surface area contributed by atoms with Gasteiger partial charge in [0.1, 0.15) is 11.0 Å². The van der Waals surface area contributed by atoms with Gasteiger partial charge in [-0.3, -0.25) is 9.59 Å². The van der Waals surface area contributed by atoms with Crippen molar-refractivity contribution < 1.29 is 22.4 Å². The van der Waals surface area contributed by atoms with E-state index in [-0.39, 0.29) is 18.0 Å². The molecule has 30 heavy (non-hydrogen) atoms. The van der Waals surface area contributed by atoms with Crippen molar-refractivity contribution in [1.29, 1.82) is 0 Å². The Bertz CT molecular complexity index is 1080. The van der Waals surface area contributed by atoms with Gasteiger partial charge in [0.15, 0.2) is 9.84 Å². The second kappa shape index (κ2) is 9.92. The molecule has 0 aliphatic carbocycles. The molecule has 0 radical (unpaired) electrons. The Morgan fingerprint density at radius 2 is 1.77 bits per heavy atom. The molecule has 0 aliphatic rings. The zero-order valence-corrected chi connectivity index (χ0v) is 18.1. The van der Waals surface area contributed by atoms with Gasteiger partial charge in [-0.05, 0) is 47.8 Å². The second-order valence-electron chi connectivity index (χ2n) is 6.30. The number of furan rings is 1. The summed E-state index contributed by atoms with van der Waals surface area (Å²) < 4.78 is 31.4. The van der Waals surface area contributed by atoms with E-state index in [1.165, 1.54) is 41.9 Å². The lowest BCUT2D eigenvalue weighted by atomic mass is 10.3. The Kier molecular flexibility index (Phi) is 7.30. The van der Waals surface area contributed by atoms with Gasteiger partial charge >= 0.3 is 11.8 Å². The van der Waals surface area contributed by atoms with E-state index in [2.05, 4.69) is 10.6 Å². The van der Waals surface area contributed by atoms with Crippen LogP contribution in [0, 0.1) is 0 Å². The topological polar surface area (TPSA) is 105 Å². The minimum atomic E-state index is -3.82. The highest BCUT2D eigenvalue weighted by molar-refractivity contribution is 7.91. The summed E-state index contributed by atoms with van der Waals surface area (Å²) in [5.41, 5.74) is 0. The van der Waals surface area contributed by atoms with Gasteiger partial charge in [0, 0.05) is 29.4 Å². The van der Waals surface area contributed by atoms with Crippen molar-refractivity contribution >= 4 is 44.6 Å². The van der Waals surface area contributed by atoms with Gasteiger partial charge in [0.2, 0.25) is 0 Å². The molecule has 2 aromatic heterocycles. The monoisotopic (exact) mass is 466 g/mol. The lowest BCUT2D eigenvalue weighted by molar-refractivity contribution is -0.139. The summed E-state index contributed by atoms with van der Waals surface area (Å²) in [6.07, 6.45) is 1.96. The maximum Gasteiger partial charge on any atom is 0.309 e. The number of sulfone groups is 1. The van der Waals surface area contributed by atoms with Crippen LogP contribution in [0.3, 0.4) is 0 Å². The average molecular weight is 467 g/mol. The van der Waals surface area contributed by atoms with Gasteiger partial charge < -0.3 is 15.1 Å². The Morgan fingerprint density at radius 1 is 1.03 bits per heavy atom. The Hall–Kier alpha value is -2.62. The van der Waals surface area contributed by atoms with Crippen LogP contribution in [0.5, 0.6) is 0 Å². The molecule has 0 saturated heterocycles. The van der Waals surface area contributed by atoms with Crippen LogP contribution in [0.25, 0.3) is 0 Å². The van der Waals surface area contributed by atoms with Crippen LogP contribution in [-0.4, -0.2) is 33.3 Å². The van der Waals surface area contributed by atoms with Gasteiger partial charge in [0.25, 0.3) is 0 Å². The molecule has 0 unspecified atom stereocenters. The van der Waals surface area contributed by atoms with Crippen molar-refractivity contribution in [2.45, 2.75) is 16.6 Å². The summed E-state index contributed by atoms with van der Waals surface area (Å²) in [5.74, 6) is -1.06. The number of hydrogen-bond acceptors (Lipinski definition) is 6. The highest BCUT2D eigenvalue weighted by Gasteiger charge is 2.31. The predicted octanol–water partition coefficient (Wildman–Crippen LogP) is 2.98. The third-order valence-electron chi connectivity index (χ3n) is 4.27. The second-order valence-corrected chi connectivity index (χ2v) is 9.84. The molecule has 2 amide bonds. The van der Waals surface area contributed by atoms with Crippen LogP contribution in [0.2, 0.25) is 5.02 Å². The number of nitrogens with one attached hydrogen (secondary N) is 2. The molecule has 158 valence electrons. The van der Waals surface area contributed by atoms with E-state index in [4.69, 9.17) is 16.0 Å². The summed E-state index contributed by atoms with van der Waals surface area (Å²) in [4.78, 5) is 24.8. The lowest BCUT2D eigenvalue weighted by Crippen LogP contribution is -2.42. The summed E-state index contributed by atoms with van der Waals surface area (Å²) in [6, 6.07) is 12.7. The van der Waals surface area contributed by atoms with Gasteiger partial charge in [-0.1, -0.05) is 17.7 Å².